The summed E-state index contributed by atoms with van der Waals surface area (Å²) in [6, 6.07) is 13.1. The van der Waals surface area contributed by atoms with E-state index in [1.165, 1.54) is 0 Å². The van der Waals surface area contributed by atoms with Crippen molar-refractivity contribution in [1.82, 2.24) is 0 Å². The number of fused-ring (bicyclic) bond motifs is 2. The van der Waals surface area contributed by atoms with E-state index in [4.69, 9.17) is 25.8 Å². The topological polar surface area (TPSA) is 88.4 Å². The summed E-state index contributed by atoms with van der Waals surface area (Å²) in [5, 5.41) is 32.2. The molecule has 2 saturated heterocycles. The van der Waals surface area contributed by atoms with Gasteiger partial charge < -0.3 is 29.5 Å². The average Bonchev–Trinajstić information content (AvgIpc) is 2.95. The van der Waals surface area contributed by atoms with Gasteiger partial charge in [0.15, 0.2) is 0 Å². The molecule has 0 aliphatic carbocycles. The fourth-order valence-electron chi connectivity index (χ4n) is 4.61. The van der Waals surface area contributed by atoms with E-state index < -0.39 is 29.2 Å². The number of hydrogen-bond donors (Lipinski definition) is 3. The Morgan fingerprint density at radius 2 is 1.81 bits per heavy atom. The van der Waals surface area contributed by atoms with Gasteiger partial charge >= 0.3 is 0 Å². The summed E-state index contributed by atoms with van der Waals surface area (Å²) in [5.74, 6) is -0.790. The van der Waals surface area contributed by atoms with Crippen LogP contribution in [0.5, 0.6) is 5.75 Å². The molecule has 2 aliphatic rings. The van der Waals surface area contributed by atoms with E-state index in [0.717, 1.165) is 16.9 Å². The fourth-order valence-corrected chi connectivity index (χ4v) is 4.79. The predicted molar refractivity (Wildman–Crippen MR) is 116 cm³/mol. The number of aliphatic hydroxyl groups excluding tert-OH is 3. The Labute approximate surface area is 187 Å². The van der Waals surface area contributed by atoms with E-state index in [9.17, 15) is 15.3 Å². The highest BCUT2D eigenvalue weighted by Crippen LogP contribution is 2.57. The first-order valence-corrected chi connectivity index (χ1v) is 10.9. The van der Waals surface area contributed by atoms with Crippen molar-refractivity contribution in [2.24, 2.45) is 0 Å². The zero-order valence-corrected chi connectivity index (χ0v) is 18.7. The molecule has 0 aromatic heterocycles. The van der Waals surface area contributed by atoms with E-state index in [-0.39, 0.29) is 13.0 Å². The number of halogens is 1. The van der Waals surface area contributed by atoms with Gasteiger partial charge in [-0.05, 0) is 62.6 Å². The van der Waals surface area contributed by atoms with Crippen molar-refractivity contribution in [2.45, 2.75) is 62.8 Å². The molecule has 2 heterocycles. The van der Waals surface area contributed by atoms with Crippen molar-refractivity contribution in [3.8, 4) is 5.75 Å². The first kappa shape index (κ1) is 22.5. The normalized spacial score (nSPS) is 31.6. The SMILES string of the molecule is CCOc1ccc(Cc2cc([C@@]34OC(C)(C)[C@@](CO)(CC(O)[C@H]3O)O4)ccc2Cl)cc1. The summed E-state index contributed by atoms with van der Waals surface area (Å²) >= 11 is 6.48. The van der Waals surface area contributed by atoms with Crippen LogP contribution in [0.4, 0.5) is 0 Å². The van der Waals surface area contributed by atoms with Crippen molar-refractivity contribution >= 4 is 11.6 Å². The van der Waals surface area contributed by atoms with Gasteiger partial charge in [-0.3, -0.25) is 0 Å². The Kier molecular flexibility index (Phi) is 5.83. The molecule has 2 fully saturated rings. The molecule has 4 rings (SSSR count). The minimum Gasteiger partial charge on any atom is -0.494 e. The monoisotopic (exact) mass is 448 g/mol. The number of rotatable bonds is 6. The van der Waals surface area contributed by atoms with Crippen LogP contribution in [0.3, 0.4) is 0 Å². The minimum absolute atomic E-state index is 0.0754. The summed E-state index contributed by atoms with van der Waals surface area (Å²) in [6.45, 7) is 5.81. The fraction of sp³-hybridized carbons (Fsp3) is 0.500. The van der Waals surface area contributed by atoms with E-state index in [2.05, 4.69) is 0 Å². The molecule has 0 saturated carbocycles. The van der Waals surface area contributed by atoms with Crippen molar-refractivity contribution in [3.63, 3.8) is 0 Å². The van der Waals surface area contributed by atoms with Crippen LogP contribution < -0.4 is 4.74 Å². The Morgan fingerprint density at radius 3 is 2.45 bits per heavy atom. The predicted octanol–water partition coefficient (Wildman–Crippen LogP) is 3.16. The van der Waals surface area contributed by atoms with Gasteiger partial charge in [-0.25, -0.2) is 0 Å². The Bertz CT molecular complexity index is 946. The molecule has 0 spiro atoms. The first-order valence-electron chi connectivity index (χ1n) is 10.5. The standard InChI is InChI=1S/C24H29ClO6/c1-4-29-18-8-5-15(6-9-18)11-16-12-17(7-10-19(16)25)24-21(28)20(27)13-23(14-26,31-24)22(2,3)30-24/h5-10,12,20-21,26-28H,4,11,13-14H2,1-3H3/t20?,21-,23+,24+/m1/s1. The summed E-state index contributed by atoms with van der Waals surface area (Å²) in [7, 11) is 0. The van der Waals surface area contributed by atoms with Crippen LogP contribution in [-0.2, 0) is 21.7 Å². The maximum atomic E-state index is 10.9. The van der Waals surface area contributed by atoms with Crippen LogP contribution in [0.1, 0.15) is 43.9 Å². The zero-order chi connectivity index (χ0) is 22.4. The molecule has 2 aromatic rings. The molecule has 6 nitrogen and oxygen atoms in total. The summed E-state index contributed by atoms with van der Waals surface area (Å²) in [6.07, 6.45) is -1.78. The van der Waals surface area contributed by atoms with Crippen LogP contribution in [0, 0.1) is 0 Å². The van der Waals surface area contributed by atoms with Gasteiger partial charge in [0.25, 0.3) is 0 Å². The molecule has 2 bridgehead atoms. The highest BCUT2D eigenvalue weighted by Gasteiger charge is 2.70. The van der Waals surface area contributed by atoms with Crippen LogP contribution in [0.15, 0.2) is 42.5 Å². The van der Waals surface area contributed by atoms with E-state index in [1.54, 1.807) is 26.0 Å². The molecule has 2 aliphatic heterocycles. The van der Waals surface area contributed by atoms with Gasteiger partial charge in [-0.15, -0.1) is 0 Å². The first-order chi connectivity index (χ1) is 14.7. The summed E-state index contributed by atoms with van der Waals surface area (Å²) in [4.78, 5) is 0. The number of benzene rings is 2. The Balaban J connectivity index is 1.70. The molecular weight excluding hydrogens is 420 g/mol. The van der Waals surface area contributed by atoms with Gasteiger partial charge in [0.05, 0.1) is 24.9 Å². The van der Waals surface area contributed by atoms with Crippen LogP contribution >= 0.6 is 11.6 Å². The quantitative estimate of drug-likeness (QED) is 0.629. The third-order valence-electron chi connectivity index (χ3n) is 6.48. The second-order valence-corrected chi connectivity index (χ2v) is 9.22. The number of aliphatic hydroxyl groups is 3. The second kappa shape index (κ2) is 8.03. The van der Waals surface area contributed by atoms with Crippen LogP contribution in [-0.4, -0.2) is 51.9 Å². The van der Waals surface area contributed by atoms with Crippen molar-refractivity contribution in [3.05, 3.63) is 64.2 Å². The summed E-state index contributed by atoms with van der Waals surface area (Å²) in [5.41, 5.74) is 0.377. The Morgan fingerprint density at radius 1 is 1.10 bits per heavy atom. The highest BCUT2D eigenvalue weighted by atomic mass is 35.5. The lowest BCUT2D eigenvalue weighted by Gasteiger charge is -2.44. The maximum Gasteiger partial charge on any atom is 0.225 e. The maximum absolute atomic E-state index is 10.9. The van der Waals surface area contributed by atoms with Gasteiger partial charge in [-0.2, -0.15) is 0 Å². The molecule has 3 N–H and O–H groups in total. The molecule has 7 heteroatoms. The number of ether oxygens (including phenoxy) is 3. The third kappa shape index (κ3) is 3.65. The molecule has 31 heavy (non-hydrogen) atoms. The third-order valence-corrected chi connectivity index (χ3v) is 6.84. The van der Waals surface area contributed by atoms with Crippen molar-refractivity contribution in [1.29, 1.82) is 0 Å². The highest BCUT2D eigenvalue weighted by molar-refractivity contribution is 6.31. The lowest BCUT2D eigenvalue weighted by Crippen LogP contribution is -2.59. The van der Waals surface area contributed by atoms with Crippen LogP contribution in [0.25, 0.3) is 0 Å². The van der Waals surface area contributed by atoms with E-state index in [0.29, 0.717) is 23.6 Å². The lowest BCUT2D eigenvalue weighted by molar-refractivity contribution is -0.304. The van der Waals surface area contributed by atoms with Gasteiger partial charge in [0.1, 0.15) is 17.5 Å². The molecule has 2 aromatic carbocycles. The number of hydrogen-bond acceptors (Lipinski definition) is 6. The molecular formula is C24H29ClO6. The smallest absolute Gasteiger partial charge is 0.225 e. The van der Waals surface area contributed by atoms with Crippen LogP contribution in [0.2, 0.25) is 5.02 Å². The van der Waals surface area contributed by atoms with Crippen molar-refractivity contribution in [2.75, 3.05) is 13.2 Å². The van der Waals surface area contributed by atoms with E-state index in [1.807, 2.05) is 37.3 Å². The van der Waals surface area contributed by atoms with Crippen molar-refractivity contribution < 1.29 is 29.5 Å². The molecule has 4 atom stereocenters. The second-order valence-electron chi connectivity index (χ2n) is 8.81. The Hall–Kier alpha value is -1.67. The zero-order valence-electron chi connectivity index (χ0n) is 18.0. The largest absolute Gasteiger partial charge is 0.494 e. The van der Waals surface area contributed by atoms with Gasteiger partial charge in [0, 0.05) is 17.0 Å². The molecule has 0 amide bonds. The van der Waals surface area contributed by atoms with E-state index >= 15 is 0 Å². The van der Waals surface area contributed by atoms with Gasteiger partial charge in [-0.1, -0.05) is 29.8 Å². The molecule has 168 valence electrons. The minimum atomic E-state index is -1.60. The molecule has 0 radical (unpaired) electrons. The lowest BCUT2D eigenvalue weighted by atomic mass is 9.79. The average molecular weight is 449 g/mol. The van der Waals surface area contributed by atoms with Gasteiger partial charge in [0.2, 0.25) is 5.79 Å². The summed E-state index contributed by atoms with van der Waals surface area (Å²) < 4.78 is 18.0. The molecule has 1 unspecified atom stereocenters.